The molecule has 6 heteroatoms. The van der Waals surface area contributed by atoms with E-state index in [-0.39, 0.29) is 11.9 Å². The SMILES string of the molecule is CCOc1cccc(-c2noc(C3CCC(=O)N3Cc3ccccc3C)n2)c1. The first-order valence-electron chi connectivity index (χ1n) is 9.56. The predicted octanol–water partition coefficient (Wildman–Crippen LogP) is 4.31. The molecule has 2 heterocycles. The minimum Gasteiger partial charge on any atom is -0.494 e. The summed E-state index contributed by atoms with van der Waals surface area (Å²) >= 11 is 0. The summed E-state index contributed by atoms with van der Waals surface area (Å²) < 4.78 is 11.1. The Kier molecular flexibility index (Phi) is 5.10. The molecule has 1 aliphatic rings. The Morgan fingerprint density at radius 2 is 2.07 bits per heavy atom. The van der Waals surface area contributed by atoms with E-state index in [1.807, 2.05) is 48.2 Å². The first kappa shape index (κ1) is 18.2. The van der Waals surface area contributed by atoms with Gasteiger partial charge >= 0.3 is 0 Å². The predicted molar refractivity (Wildman–Crippen MR) is 105 cm³/mol. The van der Waals surface area contributed by atoms with Gasteiger partial charge in [-0.15, -0.1) is 0 Å². The van der Waals surface area contributed by atoms with E-state index in [1.54, 1.807) is 0 Å². The fraction of sp³-hybridized carbons (Fsp3) is 0.318. The lowest BCUT2D eigenvalue weighted by molar-refractivity contribution is -0.130. The molecule has 144 valence electrons. The van der Waals surface area contributed by atoms with Crippen LogP contribution in [0, 0.1) is 6.92 Å². The molecule has 0 aliphatic carbocycles. The van der Waals surface area contributed by atoms with Gasteiger partial charge in [0, 0.05) is 18.5 Å². The summed E-state index contributed by atoms with van der Waals surface area (Å²) in [5.41, 5.74) is 3.13. The number of hydrogen-bond acceptors (Lipinski definition) is 5. The molecule has 2 aromatic carbocycles. The van der Waals surface area contributed by atoms with Crippen molar-refractivity contribution < 1.29 is 14.1 Å². The van der Waals surface area contributed by atoms with Gasteiger partial charge in [0.25, 0.3) is 0 Å². The summed E-state index contributed by atoms with van der Waals surface area (Å²) in [7, 11) is 0. The van der Waals surface area contributed by atoms with Gasteiger partial charge < -0.3 is 14.2 Å². The van der Waals surface area contributed by atoms with Gasteiger partial charge in [0.2, 0.25) is 17.6 Å². The second kappa shape index (κ2) is 7.84. The molecule has 1 unspecified atom stereocenters. The van der Waals surface area contributed by atoms with Crippen LogP contribution in [-0.4, -0.2) is 27.6 Å². The summed E-state index contributed by atoms with van der Waals surface area (Å²) in [4.78, 5) is 18.9. The summed E-state index contributed by atoms with van der Waals surface area (Å²) in [6.07, 6.45) is 1.18. The fourth-order valence-electron chi connectivity index (χ4n) is 3.54. The number of nitrogens with zero attached hydrogens (tertiary/aromatic N) is 3. The van der Waals surface area contributed by atoms with Gasteiger partial charge in [-0.1, -0.05) is 41.6 Å². The van der Waals surface area contributed by atoms with Crippen molar-refractivity contribution in [3.63, 3.8) is 0 Å². The number of benzene rings is 2. The van der Waals surface area contributed by atoms with Crippen molar-refractivity contribution in [2.24, 2.45) is 0 Å². The molecule has 1 atom stereocenters. The molecule has 4 rings (SSSR count). The second-order valence-corrected chi connectivity index (χ2v) is 6.92. The Balaban J connectivity index is 1.58. The maximum atomic E-state index is 12.5. The number of hydrogen-bond donors (Lipinski definition) is 0. The number of amides is 1. The highest BCUT2D eigenvalue weighted by atomic mass is 16.5. The van der Waals surface area contributed by atoms with Gasteiger partial charge in [-0.2, -0.15) is 4.98 Å². The van der Waals surface area contributed by atoms with Crippen LogP contribution in [0.2, 0.25) is 0 Å². The molecule has 1 aromatic heterocycles. The average molecular weight is 377 g/mol. The lowest BCUT2D eigenvalue weighted by Crippen LogP contribution is -2.27. The second-order valence-electron chi connectivity index (χ2n) is 6.92. The van der Waals surface area contributed by atoms with E-state index in [0.717, 1.165) is 16.9 Å². The Hall–Kier alpha value is -3.15. The maximum absolute atomic E-state index is 12.5. The number of likely N-dealkylation sites (tertiary alicyclic amines) is 1. The highest BCUT2D eigenvalue weighted by Crippen LogP contribution is 2.34. The van der Waals surface area contributed by atoms with Crippen LogP contribution in [0.1, 0.15) is 42.8 Å². The van der Waals surface area contributed by atoms with Gasteiger partial charge in [-0.3, -0.25) is 4.79 Å². The van der Waals surface area contributed by atoms with Gasteiger partial charge in [-0.05, 0) is 43.5 Å². The highest BCUT2D eigenvalue weighted by molar-refractivity contribution is 5.79. The largest absolute Gasteiger partial charge is 0.494 e. The van der Waals surface area contributed by atoms with Gasteiger partial charge in [0.15, 0.2) is 0 Å². The van der Waals surface area contributed by atoms with E-state index >= 15 is 0 Å². The van der Waals surface area contributed by atoms with Crippen LogP contribution in [0.5, 0.6) is 5.75 Å². The van der Waals surface area contributed by atoms with Crippen molar-refractivity contribution in [3.8, 4) is 17.1 Å². The number of carbonyl (C=O) groups is 1. The zero-order valence-electron chi connectivity index (χ0n) is 16.1. The number of aryl methyl sites for hydroxylation is 1. The molecule has 28 heavy (non-hydrogen) atoms. The quantitative estimate of drug-likeness (QED) is 0.640. The molecule has 0 radical (unpaired) electrons. The zero-order valence-corrected chi connectivity index (χ0v) is 16.1. The van der Waals surface area contributed by atoms with E-state index in [1.165, 1.54) is 5.56 Å². The molecule has 3 aromatic rings. The van der Waals surface area contributed by atoms with E-state index in [0.29, 0.717) is 37.7 Å². The summed E-state index contributed by atoms with van der Waals surface area (Å²) in [5, 5.41) is 4.14. The van der Waals surface area contributed by atoms with Crippen LogP contribution in [0.3, 0.4) is 0 Å². The molecule has 1 fully saturated rings. The molecule has 0 saturated carbocycles. The van der Waals surface area contributed by atoms with Crippen molar-refractivity contribution in [1.82, 2.24) is 15.0 Å². The smallest absolute Gasteiger partial charge is 0.249 e. The van der Waals surface area contributed by atoms with E-state index in [2.05, 4.69) is 29.2 Å². The molecule has 1 aliphatic heterocycles. The number of ether oxygens (including phenoxy) is 1. The molecule has 1 amide bonds. The normalized spacial score (nSPS) is 16.6. The molecule has 6 nitrogen and oxygen atoms in total. The average Bonchev–Trinajstić information content (AvgIpc) is 3.32. The fourth-order valence-corrected chi connectivity index (χ4v) is 3.54. The number of carbonyl (C=O) groups excluding carboxylic acids is 1. The van der Waals surface area contributed by atoms with Crippen molar-refractivity contribution >= 4 is 5.91 Å². The standard InChI is InChI=1S/C22H23N3O3/c1-3-27-18-10-6-9-16(13-18)21-23-22(28-24-21)19-11-12-20(26)25(19)14-17-8-5-4-7-15(17)2/h4-10,13,19H,3,11-12,14H2,1-2H3. The lowest BCUT2D eigenvalue weighted by Gasteiger charge is -2.23. The van der Waals surface area contributed by atoms with Crippen LogP contribution in [0.15, 0.2) is 53.1 Å². The summed E-state index contributed by atoms with van der Waals surface area (Å²) in [5.74, 6) is 1.87. The minimum atomic E-state index is -0.191. The van der Waals surface area contributed by atoms with Crippen molar-refractivity contribution in [2.75, 3.05) is 6.61 Å². The monoisotopic (exact) mass is 377 g/mol. The van der Waals surface area contributed by atoms with Crippen LogP contribution >= 0.6 is 0 Å². The number of rotatable bonds is 6. The lowest BCUT2D eigenvalue weighted by atomic mass is 10.1. The third-order valence-corrected chi connectivity index (χ3v) is 5.06. The van der Waals surface area contributed by atoms with Gasteiger partial charge in [0.1, 0.15) is 11.8 Å². The Morgan fingerprint density at radius 3 is 2.89 bits per heavy atom. The molecule has 1 saturated heterocycles. The molecular weight excluding hydrogens is 354 g/mol. The third-order valence-electron chi connectivity index (χ3n) is 5.06. The first-order valence-corrected chi connectivity index (χ1v) is 9.56. The minimum absolute atomic E-state index is 0.117. The van der Waals surface area contributed by atoms with Crippen molar-refractivity contribution in [2.45, 2.75) is 39.3 Å². The van der Waals surface area contributed by atoms with Crippen LogP contribution in [-0.2, 0) is 11.3 Å². The summed E-state index contributed by atoms with van der Waals surface area (Å²) in [6.45, 7) is 5.15. The van der Waals surface area contributed by atoms with Gasteiger partial charge in [0.05, 0.1) is 6.61 Å². The molecule has 0 N–H and O–H groups in total. The highest BCUT2D eigenvalue weighted by Gasteiger charge is 2.36. The first-order chi connectivity index (χ1) is 13.7. The van der Waals surface area contributed by atoms with E-state index < -0.39 is 0 Å². The Bertz CT molecular complexity index is 982. The summed E-state index contributed by atoms with van der Waals surface area (Å²) in [6, 6.07) is 15.5. The number of aromatic nitrogens is 2. The Morgan fingerprint density at radius 1 is 1.21 bits per heavy atom. The zero-order chi connectivity index (χ0) is 19.5. The molecule has 0 bridgehead atoms. The third kappa shape index (κ3) is 3.63. The van der Waals surface area contributed by atoms with Crippen molar-refractivity contribution in [1.29, 1.82) is 0 Å². The molecular formula is C22H23N3O3. The van der Waals surface area contributed by atoms with Crippen molar-refractivity contribution in [3.05, 3.63) is 65.5 Å². The van der Waals surface area contributed by atoms with Crippen LogP contribution in [0.4, 0.5) is 0 Å². The van der Waals surface area contributed by atoms with E-state index in [4.69, 9.17) is 9.26 Å². The van der Waals surface area contributed by atoms with Gasteiger partial charge in [-0.25, -0.2) is 0 Å². The van der Waals surface area contributed by atoms with E-state index in [9.17, 15) is 4.79 Å². The van der Waals surface area contributed by atoms with Crippen LogP contribution in [0.25, 0.3) is 11.4 Å². The maximum Gasteiger partial charge on any atom is 0.249 e. The molecule has 0 spiro atoms. The van der Waals surface area contributed by atoms with Crippen LogP contribution < -0.4 is 4.74 Å². The Labute approximate surface area is 164 Å². The topological polar surface area (TPSA) is 68.5 Å².